The highest BCUT2D eigenvalue weighted by Crippen LogP contribution is 2.33. The van der Waals surface area contributed by atoms with Crippen molar-refractivity contribution in [2.24, 2.45) is 11.7 Å². The molecule has 0 radical (unpaired) electrons. The maximum Gasteiger partial charge on any atom is 0.339 e. The van der Waals surface area contributed by atoms with E-state index in [0.717, 1.165) is 12.8 Å². The molecule has 3 N–H and O–H groups in total. The number of nitrogens with two attached hydrogens (primary N) is 1. The Bertz CT molecular complexity index is 647. The van der Waals surface area contributed by atoms with E-state index in [4.69, 9.17) is 17.3 Å². The number of esters is 1. The SMILES string of the molecule is COC(=O)c1cc(Cl)ccc1S(=O)(=O)NC(CN)C1CC1.Cl. The van der Waals surface area contributed by atoms with Crippen LogP contribution in [0.2, 0.25) is 5.02 Å². The van der Waals surface area contributed by atoms with Gasteiger partial charge in [0, 0.05) is 17.6 Å². The van der Waals surface area contributed by atoms with E-state index in [9.17, 15) is 13.2 Å². The van der Waals surface area contributed by atoms with E-state index in [-0.39, 0.29) is 46.4 Å². The predicted octanol–water partition coefficient (Wildman–Crippen LogP) is 1.56. The van der Waals surface area contributed by atoms with Gasteiger partial charge >= 0.3 is 5.97 Å². The fourth-order valence-corrected chi connectivity index (χ4v) is 3.77. The molecule has 1 atom stereocenters. The quantitative estimate of drug-likeness (QED) is 0.742. The maximum absolute atomic E-state index is 12.5. The molecule has 0 heterocycles. The molecule has 1 fully saturated rings. The van der Waals surface area contributed by atoms with Gasteiger partial charge in [-0.25, -0.2) is 17.9 Å². The van der Waals surface area contributed by atoms with E-state index in [1.54, 1.807) is 0 Å². The Hall–Kier alpha value is -0.860. The zero-order chi connectivity index (χ0) is 15.6. The summed E-state index contributed by atoms with van der Waals surface area (Å²) < 4.78 is 32.1. The molecule has 6 nitrogen and oxygen atoms in total. The lowest BCUT2D eigenvalue weighted by atomic mass is 10.2. The lowest BCUT2D eigenvalue weighted by Gasteiger charge is -2.17. The van der Waals surface area contributed by atoms with Crippen LogP contribution in [0.1, 0.15) is 23.2 Å². The molecule has 124 valence electrons. The number of methoxy groups -OCH3 is 1. The smallest absolute Gasteiger partial charge is 0.339 e. The van der Waals surface area contributed by atoms with Crippen molar-refractivity contribution in [2.45, 2.75) is 23.8 Å². The molecule has 9 heteroatoms. The van der Waals surface area contributed by atoms with Gasteiger partial charge in [0.15, 0.2) is 0 Å². The van der Waals surface area contributed by atoms with Crippen LogP contribution in [0.25, 0.3) is 0 Å². The van der Waals surface area contributed by atoms with Crippen LogP contribution < -0.4 is 10.5 Å². The lowest BCUT2D eigenvalue weighted by molar-refractivity contribution is 0.0596. The molecule has 0 spiro atoms. The van der Waals surface area contributed by atoms with Crippen LogP contribution in [0.4, 0.5) is 0 Å². The van der Waals surface area contributed by atoms with Gasteiger partial charge in [-0.3, -0.25) is 0 Å². The molecule has 1 aromatic carbocycles. The Morgan fingerprint density at radius 1 is 1.50 bits per heavy atom. The molecule has 1 aliphatic carbocycles. The van der Waals surface area contributed by atoms with Gasteiger partial charge in [0.1, 0.15) is 0 Å². The molecule has 1 aromatic rings. The van der Waals surface area contributed by atoms with Gasteiger partial charge in [-0.2, -0.15) is 0 Å². The van der Waals surface area contributed by atoms with Crippen LogP contribution in [-0.4, -0.2) is 34.1 Å². The van der Waals surface area contributed by atoms with Gasteiger partial charge < -0.3 is 10.5 Å². The topological polar surface area (TPSA) is 98.5 Å². The average Bonchev–Trinajstić information content (AvgIpc) is 3.28. The van der Waals surface area contributed by atoms with Crippen molar-refractivity contribution in [1.29, 1.82) is 0 Å². The Kier molecular flexibility index (Phi) is 6.64. The number of hydrogen-bond donors (Lipinski definition) is 2. The van der Waals surface area contributed by atoms with Crippen LogP contribution in [0, 0.1) is 5.92 Å². The predicted molar refractivity (Wildman–Crippen MR) is 85.9 cm³/mol. The summed E-state index contributed by atoms with van der Waals surface area (Å²) in [5.74, 6) is -0.493. The number of sulfonamides is 1. The molecule has 0 aliphatic heterocycles. The summed E-state index contributed by atoms with van der Waals surface area (Å²) in [6.07, 6.45) is 1.91. The van der Waals surface area contributed by atoms with Gasteiger partial charge in [0.05, 0.1) is 17.6 Å². The van der Waals surface area contributed by atoms with E-state index in [0.29, 0.717) is 0 Å². The first-order valence-corrected chi connectivity index (χ1v) is 8.35. The van der Waals surface area contributed by atoms with Crippen molar-refractivity contribution in [1.82, 2.24) is 4.72 Å². The monoisotopic (exact) mass is 368 g/mol. The summed E-state index contributed by atoms with van der Waals surface area (Å²) in [5.41, 5.74) is 5.51. The number of benzene rings is 1. The fourth-order valence-electron chi connectivity index (χ4n) is 2.10. The molecule has 0 bridgehead atoms. The van der Waals surface area contributed by atoms with Crippen molar-refractivity contribution in [3.05, 3.63) is 28.8 Å². The Morgan fingerprint density at radius 2 is 2.14 bits per heavy atom. The lowest BCUT2D eigenvalue weighted by Crippen LogP contribution is -2.42. The van der Waals surface area contributed by atoms with Crippen LogP contribution >= 0.6 is 24.0 Å². The number of nitrogens with one attached hydrogen (secondary N) is 1. The zero-order valence-electron chi connectivity index (χ0n) is 11.9. The standard InChI is InChI=1S/C13H17ClN2O4S.ClH/c1-20-13(17)10-6-9(14)4-5-12(10)21(18,19)16-11(7-15)8-2-3-8;/h4-6,8,11,16H,2-3,7,15H2,1H3;1H. The van der Waals surface area contributed by atoms with Crippen LogP contribution in [0.5, 0.6) is 0 Å². The molecule has 1 aliphatic rings. The molecule has 0 aromatic heterocycles. The molecule has 1 unspecified atom stereocenters. The fraction of sp³-hybridized carbons (Fsp3) is 0.462. The van der Waals surface area contributed by atoms with E-state index < -0.39 is 16.0 Å². The minimum Gasteiger partial charge on any atom is -0.465 e. The van der Waals surface area contributed by atoms with E-state index >= 15 is 0 Å². The number of ether oxygens (including phenoxy) is 1. The van der Waals surface area contributed by atoms with E-state index in [1.807, 2.05) is 0 Å². The minimum absolute atomic E-state index is 0. The number of carbonyl (C=O) groups excluding carboxylic acids is 1. The molecule has 0 amide bonds. The van der Waals surface area contributed by atoms with Crippen molar-refractivity contribution in [3.63, 3.8) is 0 Å². The Balaban J connectivity index is 0.00000242. The zero-order valence-corrected chi connectivity index (χ0v) is 14.3. The highest BCUT2D eigenvalue weighted by Gasteiger charge is 2.34. The van der Waals surface area contributed by atoms with Crippen molar-refractivity contribution < 1.29 is 17.9 Å². The third-order valence-corrected chi connectivity index (χ3v) is 5.17. The van der Waals surface area contributed by atoms with Gasteiger partial charge in [-0.15, -0.1) is 12.4 Å². The number of hydrogen-bond acceptors (Lipinski definition) is 5. The highest BCUT2D eigenvalue weighted by molar-refractivity contribution is 7.89. The van der Waals surface area contributed by atoms with Crippen LogP contribution in [-0.2, 0) is 14.8 Å². The van der Waals surface area contributed by atoms with E-state index in [2.05, 4.69) is 9.46 Å². The second-order valence-corrected chi connectivity index (χ2v) is 7.05. The molecular formula is C13H18Cl2N2O4S. The summed E-state index contributed by atoms with van der Waals surface area (Å²) in [5, 5.41) is 0.256. The minimum atomic E-state index is -3.87. The van der Waals surface area contributed by atoms with Crippen LogP contribution in [0.3, 0.4) is 0 Å². The summed E-state index contributed by atoms with van der Waals surface area (Å²) >= 11 is 5.82. The van der Waals surface area contributed by atoms with Gasteiger partial charge in [-0.1, -0.05) is 11.6 Å². The third kappa shape index (κ3) is 4.33. The van der Waals surface area contributed by atoms with Crippen molar-refractivity contribution in [3.8, 4) is 0 Å². The number of carbonyl (C=O) groups is 1. The number of rotatable bonds is 6. The molecule has 22 heavy (non-hydrogen) atoms. The van der Waals surface area contributed by atoms with Crippen molar-refractivity contribution in [2.75, 3.05) is 13.7 Å². The highest BCUT2D eigenvalue weighted by atomic mass is 35.5. The van der Waals surface area contributed by atoms with Gasteiger partial charge in [0.2, 0.25) is 10.0 Å². The largest absolute Gasteiger partial charge is 0.465 e. The Morgan fingerprint density at radius 3 is 2.64 bits per heavy atom. The Labute approximate surface area is 140 Å². The molecule has 0 saturated heterocycles. The van der Waals surface area contributed by atoms with Crippen LogP contribution in [0.15, 0.2) is 23.1 Å². The third-order valence-electron chi connectivity index (χ3n) is 3.39. The first-order valence-electron chi connectivity index (χ1n) is 6.49. The maximum atomic E-state index is 12.5. The number of halogens is 2. The average molecular weight is 369 g/mol. The van der Waals surface area contributed by atoms with E-state index in [1.165, 1.54) is 25.3 Å². The second kappa shape index (κ2) is 7.61. The molecular weight excluding hydrogens is 351 g/mol. The second-order valence-electron chi connectivity index (χ2n) is 4.93. The first-order chi connectivity index (χ1) is 9.89. The summed E-state index contributed by atoms with van der Waals surface area (Å²) in [7, 11) is -2.69. The molecule has 2 rings (SSSR count). The summed E-state index contributed by atoms with van der Waals surface area (Å²) in [6.45, 7) is 0.213. The van der Waals surface area contributed by atoms with Gasteiger partial charge in [-0.05, 0) is 37.0 Å². The summed E-state index contributed by atoms with van der Waals surface area (Å²) in [4.78, 5) is 11.6. The van der Waals surface area contributed by atoms with Gasteiger partial charge in [0.25, 0.3) is 0 Å². The first kappa shape index (κ1) is 19.2. The molecule has 1 saturated carbocycles. The van der Waals surface area contributed by atoms with Crippen molar-refractivity contribution >= 4 is 40.0 Å². The summed E-state index contributed by atoms with van der Waals surface area (Å²) in [6, 6.07) is 3.65. The normalized spacial score (nSPS) is 15.8.